The van der Waals surface area contributed by atoms with E-state index in [1.807, 2.05) is 67.7 Å². The number of nitrogens with one attached hydrogen (secondary N) is 2. The van der Waals surface area contributed by atoms with Crippen molar-refractivity contribution < 1.29 is 9.59 Å². The normalized spacial score (nSPS) is 10.8. The lowest BCUT2D eigenvalue weighted by molar-refractivity contribution is 0.103. The van der Waals surface area contributed by atoms with Crippen LogP contribution in [-0.4, -0.2) is 40.7 Å². The fourth-order valence-corrected chi connectivity index (χ4v) is 5.09. The average molecular weight is 523 g/mol. The number of aryl methyl sites for hydroxylation is 2. The number of urea groups is 1. The highest BCUT2D eigenvalue weighted by atomic mass is 35.5. The molecular formula is C26H27ClN6O2S. The van der Waals surface area contributed by atoms with Crippen molar-refractivity contribution in [2.24, 2.45) is 0 Å². The highest BCUT2D eigenvalue weighted by Crippen LogP contribution is 2.32. The van der Waals surface area contributed by atoms with Crippen molar-refractivity contribution in [1.82, 2.24) is 20.1 Å². The lowest BCUT2D eigenvalue weighted by Crippen LogP contribution is -2.29. The Bertz CT molecular complexity index is 1410. The third-order valence-corrected chi connectivity index (χ3v) is 7.19. The van der Waals surface area contributed by atoms with Crippen LogP contribution in [0.25, 0.3) is 5.00 Å². The summed E-state index contributed by atoms with van der Waals surface area (Å²) in [5, 5.41) is 15.3. The van der Waals surface area contributed by atoms with Crippen LogP contribution in [0, 0.1) is 6.92 Å². The molecule has 0 aliphatic heterocycles. The van der Waals surface area contributed by atoms with E-state index in [0.29, 0.717) is 38.5 Å². The number of benzene rings is 2. The minimum atomic E-state index is -0.370. The molecule has 0 saturated heterocycles. The maximum absolute atomic E-state index is 13.5. The van der Waals surface area contributed by atoms with Gasteiger partial charge < -0.3 is 15.5 Å². The number of carbonyl (C=O) groups is 2. The summed E-state index contributed by atoms with van der Waals surface area (Å²) in [6, 6.07) is 16.1. The summed E-state index contributed by atoms with van der Waals surface area (Å²) in [6.07, 6.45) is 0.774. The van der Waals surface area contributed by atoms with Crippen molar-refractivity contribution in [3.63, 3.8) is 0 Å². The highest BCUT2D eigenvalue weighted by molar-refractivity contribution is 7.15. The molecule has 2 aromatic carbocycles. The van der Waals surface area contributed by atoms with Crippen LogP contribution in [0.3, 0.4) is 0 Å². The number of hydrogen-bond donors (Lipinski definition) is 2. The van der Waals surface area contributed by atoms with Gasteiger partial charge in [-0.1, -0.05) is 36.7 Å². The molecule has 0 fully saturated rings. The van der Waals surface area contributed by atoms with E-state index >= 15 is 0 Å². The van der Waals surface area contributed by atoms with E-state index in [-0.39, 0.29) is 18.4 Å². The van der Waals surface area contributed by atoms with E-state index < -0.39 is 0 Å². The smallest absolute Gasteiger partial charge is 0.319 e. The standard InChI is InChI=1S/C26H27ClN6O2S/c1-5-19-14-21(24(34)20-11-6-7-12-22(20)27)25(36-19)33-16(2)30-31-23(33)15-28-26(35)29-17-9-8-10-18(13-17)32(3)4/h6-14H,5,15H2,1-4H3,(H2,28,29,35). The topological polar surface area (TPSA) is 92.1 Å². The lowest BCUT2D eigenvalue weighted by atomic mass is 10.0. The molecule has 0 aliphatic rings. The Morgan fingerprint density at radius 3 is 2.56 bits per heavy atom. The molecule has 0 spiro atoms. The first kappa shape index (κ1) is 25.4. The second-order valence-corrected chi connectivity index (χ2v) is 9.87. The summed E-state index contributed by atoms with van der Waals surface area (Å²) >= 11 is 7.82. The van der Waals surface area contributed by atoms with Crippen molar-refractivity contribution in [3.05, 3.63) is 87.3 Å². The van der Waals surface area contributed by atoms with E-state index in [4.69, 9.17) is 11.6 Å². The number of nitrogens with zero attached hydrogens (tertiary/aromatic N) is 4. The molecule has 0 bridgehead atoms. The predicted molar refractivity (Wildman–Crippen MR) is 145 cm³/mol. The van der Waals surface area contributed by atoms with Gasteiger partial charge in [0.15, 0.2) is 11.6 Å². The number of amides is 2. The molecule has 10 heteroatoms. The minimum absolute atomic E-state index is 0.124. The zero-order valence-electron chi connectivity index (χ0n) is 20.5. The number of thiophene rings is 1. The monoisotopic (exact) mass is 522 g/mol. The highest BCUT2D eigenvalue weighted by Gasteiger charge is 2.24. The summed E-state index contributed by atoms with van der Waals surface area (Å²) in [5.74, 6) is 0.961. The molecule has 2 aromatic heterocycles. The molecule has 4 aromatic rings. The molecule has 2 heterocycles. The second kappa shape index (κ2) is 10.9. The van der Waals surface area contributed by atoms with Crippen LogP contribution in [0.2, 0.25) is 5.02 Å². The van der Waals surface area contributed by atoms with E-state index in [1.165, 1.54) is 11.3 Å². The summed E-state index contributed by atoms with van der Waals surface area (Å²) in [4.78, 5) is 29.1. The van der Waals surface area contributed by atoms with Crippen LogP contribution in [0.5, 0.6) is 0 Å². The Kier molecular flexibility index (Phi) is 7.71. The van der Waals surface area contributed by atoms with Gasteiger partial charge in [-0.15, -0.1) is 21.5 Å². The quantitative estimate of drug-likeness (QED) is 0.299. The first-order valence-electron chi connectivity index (χ1n) is 11.4. The van der Waals surface area contributed by atoms with Gasteiger partial charge in [0.25, 0.3) is 0 Å². The van der Waals surface area contributed by atoms with Crippen LogP contribution < -0.4 is 15.5 Å². The van der Waals surface area contributed by atoms with Gasteiger partial charge in [0.05, 0.1) is 17.1 Å². The second-order valence-electron chi connectivity index (χ2n) is 8.35. The molecule has 2 amide bonds. The Labute approximate surface area is 218 Å². The number of aromatic nitrogens is 3. The maximum atomic E-state index is 13.5. The zero-order valence-corrected chi connectivity index (χ0v) is 22.1. The maximum Gasteiger partial charge on any atom is 0.319 e. The van der Waals surface area contributed by atoms with Gasteiger partial charge >= 0.3 is 6.03 Å². The van der Waals surface area contributed by atoms with Gasteiger partial charge in [-0.3, -0.25) is 9.36 Å². The molecule has 8 nitrogen and oxygen atoms in total. The van der Waals surface area contributed by atoms with Gasteiger partial charge in [0, 0.05) is 35.9 Å². The average Bonchev–Trinajstić information content (AvgIpc) is 3.45. The third kappa shape index (κ3) is 5.42. The number of hydrogen-bond acceptors (Lipinski definition) is 6. The Morgan fingerprint density at radius 2 is 1.83 bits per heavy atom. The summed E-state index contributed by atoms with van der Waals surface area (Å²) in [6.45, 7) is 3.98. The number of carbonyl (C=O) groups excluding carboxylic acids is 2. The van der Waals surface area contributed by atoms with Crippen LogP contribution in [0.15, 0.2) is 54.6 Å². The van der Waals surface area contributed by atoms with Crippen LogP contribution in [0.1, 0.15) is 39.4 Å². The first-order chi connectivity index (χ1) is 17.3. The fourth-order valence-electron chi connectivity index (χ4n) is 3.71. The van der Waals surface area contributed by atoms with Crippen LogP contribution in [-0.2, 0) is 13.0 Å². The molecule has 2 N–H and O–H groups in total. The number of halogens is 1. The van der Waals surface area contributed by atoms with Crippen molar-refractivity contribution in [3.8, 4) is 5.00 Å². The molecule has 4 rings (SSSR count). The van der Waals surface area contributed by atoms with E-state index in [2.05, 4.69) is 20.8 Å². The molecule has 0 atom stereocenters. The third-order valence-electron chi connectivity index (χ3n) is 5.60. The predicted octanol–water partition coefficient (Wildman–Crippen LogP) is 5.47. The lowest BCUT2D eigenvalue weighted by Gasteiger charge is -2.14. The largest absolute Gasteiger partial charge is 0.378 e. The minimum Gasteiger partial charge on any atom is -0.378 e. The summed E-state index contributed by atoms with van der Waals surface area (Å²) in [5.41, 5.74) is 2.61. The molecule has 186 valence electrons. The van der Waals surface area contributed by atoms with Gasteiger partial charge in [0.1, 0.15) is 10.8 Å². The van der Waals surface area contributed by atoms with Crippen molar-refractivity contribution in [2.45, 2.75) is 26.8 Å². The van der Waals surface area contributed by atoms with Crippen LogP contribution in [0.4, 0.5) is 16.2 Å². The van der Waals surface area contributed by atoms with Gasteiger partial charge in [-0.2, -0.15) is 0 Å². The van der Waals surface area contributed by atoms with Crippen LogP contribution >= 0.6 is 22.9 Å². The first-order valence-corrected chi connectivity index (χ1v) is 12.6. The molecule has 0 aliphatic carbocycles. The number of rotatable bonds is 8. The number of anilines is 2. The van der Waals surface area contributed by atoms with E-state index in [9.17, 15) is 9.59 Å². The molecular weight excluding hydrogens is 496 g/mol. The van der Waals surface area contributed by atoms with E-state index in [0.717, 1.165) is 17.0 Å². The summed E-state index contributed by atoms with van der Waals surface area (Å²) in [7, 11) is 3.88. The molecule has 36 heavy (non-hydrogen) atoms. The fraction of sp³-hybridized carbons (Fsp3) is 0.231. The molecule has 0 saturated carbocycles. The zero-order chi connectivity index (χ0) is 25.8. The van der Waals surface area contributed by atoms with E-state index in [1.54, 1.807) is 24.3 Å². The Balaban J connectivity index is 1.58. The van der Waals surface area contributed by atoms with Crippen molar-refractivity contribution >= 4 is 46.1 Å². The SMILES string of the molecule is CCc1cc(C(=O)c2ccccc2Cl)c(-n2c(C)nnc2CNC(=O)Nc2cccc(N(C)C)c2)s1. The van der Waals surface area contributed by atoms with Gasteiger partial charge in [0.2, 0.25) is 0 Å². The number of ketones is 1. The molecule has 0 radical (unpaired) electrons. The Hall–Kier alpha value is -3.69. The van der Waals surface area contributed by atoms with Crippen molar-refractivity contribution in [1.29, 1.82) is 0 Å². The Morgan fingerprint density at radius 1 is 1.06 bits per heavy atom. The van der Waals surface area contributed by atoms with Gasteiger partial charge in [-0.05, 0) is 49.7 Å². The molecule has 0 unspecified atom stereocenters. The van der Waals surface area contributed by atoms with Crippen molar-refractivity contribution in [2.75, 3.05) is 24.3 Å². The summed E-state index contributed by atoms with van der Waals surface area (Å²) < 4.78 is 1.82. The van der Waals surface area contributed by atoms with Gasteiger partial charge in [-0.25, -0.2) is 4.79 Å².